The molecule has 2 aromatic rings. The number of para-hydroxylation sites is 2. The van der Waals surface area contributed by atoms with Crippen molar-refractivity contribution in [3.8, 4) is 17.6 Å². The van der Waals surface area contributed by atoms with Crippen LogP contribution in [0.2, 0.25) is 0 Å². The van der Waals surface area contributed by atoms with Crippen molar-refractivity contribution in [1.29, 1.82) is 0 Å². The van der Waals surface area contributed by atoms with Gasteiger partial charge in [0.2, 0.25) is 0 Å². The Morgan fingerprint density at radius 2 is 2.19 bits per heavy atom. The van der Waals surface area contributed by atoms with Crippen molar-refractivity contribution >= 4 is 11.6 Å². The molecule has 5 nitrogen and oxygen atoms in total. The Morgan fingerprint density at radius 3 is 2.95 bits per heavy atom. The normalized spacial score (nSPS) is 9.43. The van der Waals surface area contributed by atoms with Gasteiger partial charge in [0.05, 0.1) is 30.5 Å². The quantitative estimate of drug-likeness (QED) is 0.839. The fourth-order valence-corrected chi connectivity index (χ4v) is 1.78. The fraction of sp³-hybridized carbons (Fsp3) is 0.125. The van der Waals surface area contributed by atoms with Crippen LogP contribution in [0.1, 0.15) is 15.9 Å². The van der Waals surface area contributed by atoms with Crippen molar-refractivity contribution in [3.05, 3.63) is 53.9 Å². The van der Waals surface area contributed by atoms with E-state index in [0.717, 1.165) is 0 Å². The molecule has 0 aliphatic heterocycles. The Bertz CT molecular complexity index is 702. The maximum Gasteiger partial charge on any atom is 0.257 e. The summed E-state index contributed by atoms with van der Waals surface area (Å²) < 4.78 is 5.21. The van der Waals surface area contributed by atoms with Crippen LogP contribution in [-0.4, -0.2) is 24.5 Å². The zero-order chi connectivity index (χ0) is 15.1. The number of carbonyl (C=O) groups is 1. The van der Waals surface area contributed by atoms with Gasteiger partial charge in [-0.05, 0) is 18.2 Å². The second kappa shape index (κ2) is 7.08. The number of anilines is 1. The number of benzene rings is 1. The summed E-state index contributed by atoms with van der Waals surface area (Å²) in [4.78, 5) is 16.3. The first-order valence-corrected chi connectivity index (χ1v) is 6.33. The summed E-state index contributed by atoms with van der Waals surface area (Å²) in [5.74, 6) is 5.88. The lowest BCUT2D eigenvalue weighted by Crippen LogP contribution is -2.14. The van der Waals surface area contributed by atoms with Crippen molar-refractivity contribution in [1.82, 2.24) is 4.98 Å². The maximum atomic E-state index is 12.4. The van der Waals surface area contributed by atoms with Crippen LogP contribution in [0.3, 0.4) is 0 Å². The topological polar surface area (TPSA) is 77.2 Å². The summed E-state index contributed by atoms with van der Waals surface area (Å²) in [5.41, 5.74) is 6.93. The number of amides is 1. The van der Waals surface area contributed by atoms with E-state index in [2.05, 4.69) is 22.1 Å². The molecule has 0 saturated carbocycles. The Hall–Kier alpha value is -2.84. The predicted octanol–water partition coefficient (Wildman–Crippen LogP) is 1.65. The van der Waals surface area contributed by atoms with Gasteiger partial charge < -0.3 is 15.8 Å². The Kier molecular flexibility index (Phi) is 4.91. The number of rotatable bonds is 3. The molecule has 1 heterocycles. The summed E-state index contributed by atoms with van der Waals surface area (Å²) in [7, 11) is 1.55. The van der Waals surface area contributed by atoms with Crippen molar-refractivity contribution in [3.63, 3.8) is 0 Å². The summed E-state index contributed by atoms with van der Waals surface area (Å²) in [6.07, 6.45) is 3.09. The molecule has 0 bridgehead atoms. The van der Waals surface area contributed by atoms with Crippen LogP contribution in [-0.2, 0) is 0 Å². The molecular weight excluding hydrogens is 266 g/mol. The van der Waals surface area contributed by atoms with Gasteiger partial charge in [-0.2, -0.15) is 0 Å². The van der Waals surface area contributed by atoms with Crippen LogP contribution < -0.4 is 15.8 Å². The zero-order valence-corrected chi connectivity index (χ0v) is 11.6. The van der Waals surface area contributed by atoms with Gasteiger partial charge in [-0.25, -0.2) is 0 Å². The molecule has 3 N–H and O–H groups in total. The summed E-state index contributed by atoms with van der Waals surface area (Å²) in [6, 6.07) is 8.81. The van der Waals surface area contributed by atoms with Crippen LogP contribution in [0.5, 0.6) is 5.75 Å². The summed E-state index contributed by atoms with van der Waals surface area (Å²) in [5, 5.41) is 2.80. The molecule has 0 fully saturated rings. The molecule has 1 aromatic heterocycles. The first kappa shape index (κ1) is 14.6. The number of aromatic nitrogens is 1. The summed E-state index contributed by atoms with van der Waals surface area (Å²) in [6.45, 7) is 0.225. The maximum absolute atomic E-state index is 12.4. The second-order valence-corrected chi connectivity index (χ2v) is 4.08. The molecule has 2 rings (SSSR count). The van der Waals surface area contributed by atoms with Gasteiger partial charge in [0.1, 0.15) is 5.75 Å². The number of nitrogens with one attached hydrogen (secondary N) is 1. The Balaban J connectivity index is 2.29. The molecule has 5 heteroatoms. The van der Waals surface area contributed by atoms with Crippen molar-refractivity contribution < 1.29 is 9.53 Å². The number of hydrogen-bond acceptors (Lipinski definition) is 4. The molecule has 0 spiro atoms. The molecule has 0 saturated heterocycles. The number of pyridine rings is 1. The van der Waals surface area contributed by atoms with Crippen LogP contribution in [0, 0.1) is 11.8 Å². The fourth-order valence-electron chi connectivity index (χ4n) is 1.78. The van der Waals surface area contributed by atoms with Gasteiger partial charge in [-0.1, -0.05) is 24.0 Å². The molecular formula is C16H15N3O2. The first-order valence-electron chi connectivity index (χ1n) is 6.33. The van der Waals surface area contributed by atoms with Crippen LogP contribution in [0.4, 0.5) is 5.69 Å². The largest absolute Gasteiger partial charge is 0.495 e. The second-order valence-electron chi connectivity index (χ2n) is 4.08. The van der Waals surface area contributed by atoms with Gasteiger partial charge in [0.25, 0.3) is 5.91 Å². The number of ether oxygens (including phenoxy) is 1. The standard InChI is InChI=1S/C16H15N3O2/c1-21-15-7-3-2-6-14(15)19-16(20)13-8-10-18-11-12(13)5-4-9-17/h2-3,6-8,10-11H,9,17H2,1H3,(H,19,20). The number of nitrogens with zero attached hydrogens (tertiary/aromatic N) is 1. The van der Waals surface area contributed by atoms with Crippen molar-refractivity contribution in [2.75, 3.05) is 19.0 Å². The minimum atomic E-state index is -0.275. The summed E-state index contributed by atoms with van der Waals surface area (Å²) >= 11 is 0. The molecule has 1 amide bonds. The van der Waals surface area contributed by atoms with E-state index in [4.69, 9.17) is 10.5 Å². The highest BCUT2D eigenvalue weighted by atomic mass is 16.5. The zero-order valence-electron chi connectivity index (χ0n) is 11.6. The third-order valence-electron chi connectivity index (χ3n) is 2.75. The van der Waals surface area contributed by atoms with E-state index in [1.807, 2.05) is 12.1 Å². The highest BCUT2D eigenvalue weighted by molar-refractivity contribution is 6.06. The van der Waals surface area contributed by atoms with E-state index in [1.54, 1.807) is 37.7 Å². The smallest absolute Gasteiger partial charge is 0.257 e. The van der Waals surface area contributed by atoms with Gasteiger partial charge in [-0.3, -0.25) is 9.78 Å². The van der Waals surface area contributed by atoms with E-state index in [-0.39, 0.29) is 12.5 Å². The first-order chi connectivity index (χ1) is 10.3. The highest BCUT2D eigenvalue weighted by Gasteiger charge is 2.12. The van der Waals surface area contributed by atoms with Gasteiger partial charge in [-0.15, -0.1) is 0 Å². The minimum absolute atomic E-state index is 0.225. The van der Waals surface area contributed by atoms with Crippen LogP contribution in [0.15, 0.2) is 42.7 Å². The molecule has 0 atom stereocenters. The van der Waals surface area contributed by atoms with Gasteiger partial charge in [0, 0.05) is 12.4 Å². The molecule has 0 aliphatic carbocycles. The number of methoxy groups -OCH3 is 1. The van der Waals surface area contributed by atoms with Crippen LogP contribution >= 0.6 is 0 Å². The van der Waals surface area contributed by atoms with Gasteiger partial charge in [0.15, 0.2) is 0 Å². The molecule has 0 unspecified atom stereocenters. The number of hydrogen-bond donors (Lipinski definition) is 2. The lowest BCUT2D eigenvalue weighted by atomic mass is 10.1. The SMILES string of the molecule is COc1ccccc1NC(=O)c1ccncc1C#CCN. The predicted molar refractivity (Wildman–Crippen MR) is 81.1 cm³/mol. The lowest BCUT2D eigenvalue weighted by molar-refractivity contribution is 0.102. The number of carbonyl (C=O) groups excluding carboxylic acids is 1. The van der Waals surface area contributed by atoms with E-state index < -0.39 is 0 Å². The lowest BCUT2D eigenvalue weighted by Gasteiger charge is -2.10. The Labute approximate surface area is 123 Å². The monoisotopic (exact) mass is 281 g/mol. The van der Waals surface area contributed by atoms with E-state index in [9.17, 15) is 4.79 Å². The van der Waals surface area contributed by atoms with E-state index in [0.29, 0.717) is 22.6 Å². The third-order valence-corrected chi connectivity index (χ3v) is 2.75. The average Bonchev–Trinajstić information content (AvgIpc) is 2.53. The highest BCUT2D eigenvalue weighted by Crippen LogP contribution is 2.23. The average molecular weight is 281 g/mol. The van der Waals surface area contributed by atoms with Gasteiger partial charge >= 0.3 is 0 Å². The molecule has 21 heavy (non-hydrogen) atoms. The Morgan fingerprint density at radius 1 is 1.38 bits per heavy atom. The number of nitrogens with two attached hydrogens (primary N) is 1. The molecule has 106 valence electrons. The van der Waals surface area contributed by atoms with E-state index >= 15 is 0 Å². The molecule has 1 aromatic carbocycles. The van der Waals surface area contributed by atoms with E-state index in [1.165, 1.54) is 0 Å². The van der Waals surface area contributed by atoms with Crippen molar-refractivity contribution in [2.24, 2.45) is 5.73 Å². The van der Waals surface area contributed by atoms with Crippen molar-refractivity contribution in [2.45, 2.75) is 0 Å². The third kappa shape index (κ3) is 3.59. The molecule has 0 radical (unpaired) electrons. The minimum Gasteiger partial charge on any atom is -0.495 e. The van der Waals surface area contributed by atoms with Crippen LogP contribution in [0.25, 0.3) is 0 Å². The molecule has 0 aliphatic rings.